The van der Waals surface area contributed by atoms with Gasteiger partial charge in [-0.15, -0.1) is 0 Å². The maximum absolute atomic E-state index is 13.0. The molecule has 0 saturated carbocycles. The molecular formula is C19H16ClFN2O4. The topological polar surface area (TPSA) is 73.6 Å². The number of anilines is 1. The molecule has 0 bridgehead atoms. The molecule has 3 aromatic rings. The fourth-order valence-corrected chi connectivity index (χ4v) is 2.62. The first-order chi connectivity index (χ1) is 13.0. The summed E-state index contributed by atoms with van der Waals surface area (Å²) in [4.78, 5) is 12.6. The molecule has 6 nitrogen and oxygen atoms in total. The van der Waals surface area contributed by atoms with Gasteiger partial charge in [-0.05, 0) is 49.4 Å². The van der Waals surface area contributed by atoms with Gasteiger partial charge in [0.15, 0.2) is 5.69 Å². The van der Waals surface area contributed by atoms with Crippen molar-refractivity contribution in [2.24, 2.45) is 0 Å². The SMILES string of the molecule is COc1ccc(NC(=O)c2noc(C)c2COc2ccc(F)cc2)cc1Cl. The first-order valence-corrected chi connectivity index (χ1v) is 8.34. The average Bonchev–Trinajstić information content (AvgIpc) is 3.02. The van der Waals surface area contributed by atoms with Crippen molar-refractivity contribution in [3.05, 3.63) is 70.3 Å². The van der Waals surface area contributed by atoms with Crippen LogP contribution in [-0.4, -0.2) is 18.2 Å². The third-order valence-corrected chi connectivity index (χ3v) is 4.10. The molecule has 0 radical (unpaired) electrons. The summed E-state index contributed by atoms with van der Waals surface area (Å²) in [6.07, 6.45) is 0. The van der Waals surface area contributed by atoms with Crippen molar-refractivity contribution < 1.29 is 23.2 Å². The molecule has 1 N–H and O–H groups in total. The van der Waals surface area contributed by atoms with E-state index in [1.54, 1.807) is 25.1 Å². The maximum atomic E-state index is 13.0. The Morgan fingerprint density at radius 3 is 2.67 bits per heavy atom. The molecule has 27 heavy (non-hydrogen) atoms. The molecule has 2 aromatic carbocycles. The summed E-state index contributed by atoms with van der Waals surface area (Å²) in [5.74, 6) is 0.591. The standard InChI is InChI=1S/C19H16ClFN2O4/c1-11-15(10-26-14-6-3-12(21)4-7-14)18(23-27-11)19(24)22-13-5-8-17(25-2)16(20)9-13/h3-9H,10H2,1-2H3,(H,22,24). The number of carbonyl (C=O) groups is 1. The van der Waals surface area contributed by atoms with Gasteiger partial charge in [0.25, 0.3) is 5.91 Å². The van der Waals surface area contributed by atoms with Crippen molar-refractivity contribution in [3.63, 3.8) is 0 Å². The van der Waals surface area contributed by atoms with Crippen LogP contribution in [0, 0.1) is 12.7 Å². The Morgan fingerprint density at radius 2 is 2.00 bits per heavy atom. The summed E-state index contributed by atoms with van der Waals surface area (Å²) in [5.41, 5.74) is 1.08. The predicted octanol–water partition coefficient (Wildman–Crippen LogP) is 4.62. The maximum Gasteiger partial charge on any atom is 0.278 e. The number of rotatable bonds is 6. The van der Waals surface area contributed by atoms with E-state index in [1.165, 1.54) is 31.4 Å². The zero-order chi connectivity index (χ0) is 19.4. The Bertz CT molecular complexity index is 957. The Kier molecular flexibility index (Phi) is 5.61. The minimum Gasteiger partial charge on any atom is -0.495 e. The second-order valence-electron chi connectivity index (χ2n) is 5.61. The molecule has 0 fully saturated rings. The molecule has 0 spiro atoms. The second kappa shape index (κ2) is 8.09. The quantitative estimate of drug-likeness (QED) is 0.665. The van der Waals surface area contributed by atoms with Crippen molar-refractivity contribution in [1.82, 2.24) is 5.16 Å². The van der Waals surface area contributed by atoms with Crippen LogP contribution in [0.25, 0.3) is 0 Å². The lowest BCUT2D eigenvalue weighted by Gasteiger charge is -2.09. The van der Waals surface area contributed by atoms with Crippen molar-refractivity contribution in [2.45, 2.75) is 13.5 Å². The Hall–Kier alpha value is -3.06. The van der Waals surface area contributed by atoms with Gasteiger partial charge in [0.05, 0.1) is 17.7 Å². The summed E-state index contributed by atoms with van der Waals surface area (Å²) in [5, 5.41) is 6.88. The number of nitrogens with one attached hydrogen (secondary N) is 1. The van der Waals surface area contributed by atoms with Gasteiger partial charge in [-0.3, -0.25) is 4.79 Å². The number of aryl methyl sites for hydroxylation is 1. The van der Waals surface area contributed by atoms with Crippen LogP contribution in [0.4, 0.5) is 10.1 Å². The molecule has 0 aliphatic carbocycles. The molecule has 0 saturated heterocycles. The van der Waals surface area contributed by atoms with Crippen LogP contribution < -0.4 is 14.8 Å². The van der Waals surface area contributed by atoms with Gasteiger partial charge < -0.3 is 19.3 Å². The molecule has 0 aliphatic heterocycles. The predicted molar refractivity (Wildman–Crippen MR) is 97.9 cm³/mol. The van der Waals surface area contributed by atoms with Crippen LogP contribution in [0.5, 0.6) is 11.5 Å². The number of hydrogen-bond acceptors (Lipinski definition) is 5. The highest BCUT2D eigenvalue weighted by Gasteiger charge is 2.21. The summed E-state index contributed by atoms with van der Waals surface area (Å²) in [6, 6.07) is 10.4. The Balaban J connectivity index is 1.73. The Labute approximate surface area is 159 Å². The minimum absolute atomic E-state index is 0.0487. The fraction of sp³-hybridized carbons (Fsp3) is 0.158. The number of methoxy groups -OCH3 is 1. The van der Waals surface area contributed by atoms with Crippen LogP contribution in [0.1, 0.15) is 21.8 Å². The number of benzene rings is 2. The van der Waals surface area contributed by atoms with E-state index < -0.39 is 5.91 Å². The van der Waals surface area contributed by atoms with E-state index in [1.807, 2.05) is 0 Å². The third kappa shape index (κ3) is 4.38. The smallest absolute Gasteiger partial charge is 0.278 e. The van der Waals surface area contributed by atoms with Gasteiger partial charge >= 0.3 is 0 Å². The van der Waals surface area contributed by atoms with Crippen LogP contribution in [0.15, 0.2) is 47.0 Å². The van der Waals surface area contributed by atoms with E-state index in [-0.39, 0.29) is 18.1 Å². The number of carbonyl (C=O) groups excluding carboxylic acids is 1. The molecule has 0 atom stereocenters. The van der Waals surface area contributed by atoms with Crippen LogP contribution in [0.2, 0.25) is 5.02 Å². The number of amides is 1. The lowest BCUT2D eigenvalue weighted by atomic mass is 10.2. The van der Waals surface area contributed by atoms with Gasteiger partial charge in [0, 0.05) is 5.69 Å². The van der Waals surface area contributed by atoms with Crippen molar-refractivity contribution in [3.8, 4) is 11.5 Å². The highest BCUT2D eigenvalue weighted by atomic mass is 35.5. The van der Waals surface area contributed by atoms with Gasteiger partial charge in [-0.2, -0.15) is 0 Å². The molecule has 0 unspecified atom stereocenters. The average molecular weight is 391 g/mol. The number of ether oxygens (including phenoxy) is 2. The number of aromatic nitrogens is 1. The summed E-state index contributed by atoms with van der Waals surface area (Å²) in [6.45, 7) is 1.73. The highest BCUT2D eigenvalue weighted by molar-refractivity contribution is 6.32. The zero-order valence-electron chi connectivity index (χ0n) is 14.6. The van der Waals surface area contributed by atoms with E-state index >= 15 is 0 Å². The first-order valence-electron chi connectivity index (χ1n) is 7.96. The number of halogens is 2. The van der Waals surface area contributed by atoms with Gasteiger partial charge in [-0.25, -0.2) is 4.39 Å². The molecule has 140 valence electrons. The molecule has 1 amide bonds. The summed E-state index contributed by atoms with van der Waals surface area (Å²) < 4.78 is 28.8. The van der Waals surface area contributed by atoms with Crippen molar-refractivity contribution in [1.29, 1.82) is 0 Å². The third-order valence-electron chi connectivity index (χ3n) is 3.81. The van der Waals surface area contributed by atoms with Crippen LogP contribution >= 0.6 is 11.6 Å². The first kappa shape index (κ1) is 18.7. The monoisotopic (exact) mass is 390 g/mol. The van der Waals surface area contributed by atoms with E-state index in [4.69, 9.17) is 25.6 Å². The molecule has 0 aliphatic rings. The van der Waals surface area contributed by atoms with Crippen molar-refractivity contribution >= 4 is 23.2 Å². The lowest BCUT2D eigenvalue weighted by Crippen LogP contribution is -2.15. The van der Waals surface area contributed by atoms with Crippen LogP contribution in [0.3, 0.4) is 0 Å². The molecule has 1 heterocycles. The Morgan fingerprint density at radius 1 is 1.26 bits per heavy atom. The number of nitrogens with zero attached hydrogens (tertiary/aromatic N) is 1. The van der Waals surface area contributed by atoms with Gasteiger partial charge in [0.2, 0.25) is 0 Å². The van der Waals surface area contributed by atoms with E-state index in [0.29, 0.717) is 33.5 Å². The largest absolute Gasteiger partial charge is 0.495 e. The van der Waals surface area contributed by atoms with E-state index in [0.717, 1.165) is 0 Å². The van der Waals surface area contributed by atoms with Gasteiger partial charge in [-0.1, -0.05) is 16.8 Å². The summed E-state index contributed by atoms with van der Waals surface area (Å²) >= 11 is 6.07. The number of hydrogen-bond donors (Lipinski definition) is 1. The van der Waals surface area contributed by atoms with Crippen LogP contribution in [-0.2, 0) is 6.61 Å². The lowest BCUT2D eigenvalue weighted by molar-refractivity contribution is 0.101. The minimum atomic E-state index is -0.467. The van der Waals surface area contributed by atoms with E-state index in [2.05, 4.69) is 10.5 Å². The highest BCUT2D eigenvalue weighted by Crippen LogP contribution is 2.27. The molecular weight excluding hydrogens is 375 g/mol. The van der Waals surface area contributed by atoms with E-state index in [9.17, 15) is 9.18 Å². The second-order valence-corrected chi connectivity index (χ2v) is 6.02. The zero-order valence-corrected chi connectivity index (χ0v) is 15.3. The van der Waals surface area contributed by atoms with Gasteiger partial charge in [0.1, 0.15) is 29.7 Å². The normalized spacial score (nSPS) is 10.5. The molecule has 8 heteroatoms. The fourth-order valence-electron chi connectivity index (χ4n) is 2.36. The molecule has 3 rings (SSSR count). The molecule has 1 aromatic heterocycles. The summed E-state index contributed by atoms with van der Waals surface area (Å²) in [7, 11) is 1.50. The van der Waals surface area contributed by atoms with Crippen molar-refractivity contribution in [2.75, 3.05) is 12.4 Å².